The number of carbonyl (C=O) groups excluding carboxylic acids is 1. The molecule has 0 amide bonds. The Morgan fingerprint density at radius 2 is 2.08 bits per heavy atom. The average Bonchev–Trinajstić information content (AvgIpc) is 2.97. The van der Waals surface area contributed by atoms with Gasteiger partial charge in [0.25, 0.3) is 0 Å². The first kappa shape index (κ1) is 18.0. The minimum absolute atomic E-state index is 0.328. The third-order valence-corrected chi connectivity index (χ3v) is 6.35. The number of ether oxygens (including phenoxy) is 1. The van der Waals surface area contributed by atoms with Gasteiger partial charge in [-0.1, -0.05) is 42.0 Å². The van der Waals surface area contributed by atoms with E-state index in [-0.39, 0.29) is 5.97 Å². The lowest BCUT2D eigenvalue weighted by molar-refractivity contribution is -0.135. The molecule has 1 heterocycles. The van der Waals surface area contributed by atoms with Crippen molar-refractivity contribution in [2.45, 2.75) is 25.0 Å². The molecule has 4 nitrogen and oxygen atoms in total. The molecule has 3 rings (SSSR count). The molecule has 1 aromatic rings. The first-order valence-corrected chi connectivity index (χ1v) is 10.3. The molecule has 1 atom stereocenters. The van der Waals surface area contributed by atoms with E-state index in [2.05, 4.69) is 0 Å². The van der Waals surface area contributed by atoms with E-state index in [0.717, 1.165) is 22.3 Å². The fourth-order valence-corrected chi connectivity index (χ4v) is 4.02. The topological polar surface area (TPSA) is 60.4 Å². The largest absolute Gasteiger partial charge is 0.462 e. The first-order chi connectivity index (χ1) is 11.8. The van der Waals surface area contributed by atoms with E-state index in [9.17, 15) is 13.2 Å². The summed E-state index contributed by atoms with van der Waals surface area (Å²) >= 11 is 6.27. The molecule has 6 heteroatoms. The highest BCUT2D eigenvalue weighted by Gasteiger charge is 2.27. The second kappa shape index (κ2) is 6.81. The van der Waals surface area contributed by atoms with Gasteiger partial charge in [0.1, 0.15) is 0 Å². The summed E-state index contributed by atoms with van der Waals surface area (Å²) in [6, 6.07) is 5.67. The molecule has 1 aromatic carbocycles. The van der Waals surface area contributed by atoms with Gasteiger partial charge in [-0.25, -0.2) is 13.2 Å². The predicted molar refractivity (Wildman–Crippen MR) is 99.2 cm³/mol. The van der Waals surface area contributed by atoms with Crippen molar-refractivity contribution in [2.24, 2.45) is 0 Å². The molecule has 1 aliphatic carbocycles. The Labute approximate surface area is 152 Å². The van der Waals surface area contributed by atoms with Gasteiger partial charge in [0.05, 0.1) is 11.9 Å². The summed E-state index contributed by atoms with van der Waals surface area (Å²) in [4.78, 5) is 12.1. The lowest BCUT2D eigenvalue weighted by atomic mass is 9.89. The minimum Gasteiger partial charge on any atom is -0.462 e. The van der Waals surface area contributed by atoms with Crippen molar-refractivity contribution < 1.29 is 17.9 Å². The summed E-state index contributed by atoms with van der Waals surface area (Å²) < 4.78 is 28.6. The van der Waals surface area contributed by atoms with Gasteiger partial charge in [-0.2, -0.15) is 0 Å². The van der Waals surface area contributed by atoms with Crippen molar-refractivity contribution in [1.29, 1.82) is 0 Å². The smallest absolute Gasteiger partial charge is 0.334 e. The third kappa shape index (κ3) is 3.72. The Morgan fingerprint density at radius 3 is 2.60 bits per heavy atom. The molecule has 2 aliphatic rings. The van der Waals surface area contributed by atoms with Crippen molar-refractivity contribution in [2.75, 3.05) is 12.9 Å². The van der Waals surface area contributed by atoms with E-state index in [1.807, 2.05) is 31.2 Å². The van der Waals surface area contributed by atoms with Gasteiger partial charge >= 0.3 is 5.97 Å². The molecule has 1 fully saturated rings. The van der Waals surface area contributed by atoms with Crippen LogP contribution < -0.4 is 0 Å². The quantitative estimate of drug-likeness (QED) is 0.595. The second-order valence-electron chi connectivity index (χ2n) is 6.33. The van der Waals surface area contributed by atoms with Crippen molar-refractivity contribution in [3.8, 4) is 0 Å². The molecule has 1 saturated heterocycles. The number of esters is 1. The number of carbonyl (C=O) groups is 1. The Hall–Kier alpha value is -1.85. The van der Waals surface area contributed by atoms with Crippen LogP contribution in [-0.4, -0.2) is 32.5 Å². The lowest BCUT2D eigenvalue weighted by Crippen LogP contribution is -2.18. The summed E-state index contributed by atoms with van der Waals surface area (Å²) in [7, 11) is -3.14. The first-order valence-electron chi connectivity index (χ1n) is 8.02. The third-order valence-electron chi connectivity index (χ3n) is 4.49. The number of cyclic esters (lactones) is 1. The zero-order chi connectivity index (χ0) is 18.2. The number of rotatable bonds is 3. The molecule has 25 heavy (non-hydrogen) atoms. The van der Waals surface area contributed by atoms with E-state index >= 15 is 0 Å². The number of hydrogen-bond donors (Lipinski definition) is 0. The SMILES string of the molecule is Cc1ccc(/C(C2=CCC(S(C)(=O)=O)C=C2)=C2/CCOC2=O)cc1Cl. The summed E-state index contributed by atoms with van der Waals surface area (Å²) in [6.07, 6.45) is 7.47. The Morgan fingerprint density at radius 1 is 1.32 bits per heavy atom. The second-order valence-corrected chi connectivity index (χ2v) is 9.00. The van der Waals surface area contributed by atoms with Gasteiger partial charge in [-0.05, 0) is 41.7 Å². The van der Waals surface area contributed by atoms with Crippen LogP contribution in [0.25, 0.3) is 5.57 Å². The van der Waals surface area contributed by atoms with E-state index in [4.69, 9.17) is 16.3 Å². The van der Waals surface area contributed by atoms with Crippen LogP contribution in [0.2, 0.25) is 5.02 Å². The van der Waals surface area contributed by atoms with E-state index < -0.39 is 15.1 Å². The monoisotopic (exact) mass is 378 g/mol. The number of aryl methyl sites for hydroxylation is 1. The number of hydrogen-bond acceptors (Lipinski definition) is 4. The average molecular weight is 379 g/mol. The highest BCUT2D eigenvalue weighted by Crippen LogP contribution is 2.36. The minimum atomic E-state index is -3.14. The van der Waals surface area contributed by atoms with Gasteiger partial charge in [0.15, 0.2) is 9.84 Å². The molecule has 0 N–H and O–H groups in total. The number of benzene rings is 1. The lowest BCUT2D eigenvalue weighted by Gasteiger charge is -2.18. The van der Waals surface area contributed by atoms with Crippen molar-refractivity contribution >= 4 is 33.0 Å². The standard InChI is InChI=1S/C19H19ClO4S/c1-12-3-4-14(11-17(12)20)18(16-9-10-24-19(16)21)13-5-7-15(8-6-13)25(2,22)23/h3-7,11,15H,8-10H2,1-2H3/b18-16-. The Balaban J connectivity index is 2.08. The number of allylic oxidation sites excluding steroid dienone is 4. The van der Waals surface area contributed by atoms with Gasteiger partial charge in [-0.15, -0.1) is 0 Å². The molecular weight excluding hydrogens is 360 g/mol. The zero-order valence-electron chi connectivity index (χ0n) is 14.1. The van der Waals surface area contributed by atoms with Gasteiger partial charge < -0.3 is 4.74 Å². The summed E-state index contributed by atoms with van der Waals surface area (Å²) in [5.74, 6) is -0.328. The zero-order valence-corrected chi connectivity index (χ0v) is 15.7. The van der Waals surface area contributed by atoms with Crippen molar-refractivity contribution in [3.63, 3.8) is 0 Å². The Bertz CT molecular complexity index is 923. The highest BCUT2D eigenvalue weighted by atomic mass is 35.5. The van der Waals surface area contributed by atoms with Crippen LogP contribution in [0.15, 0.2) is 47.6 Å². The van der Waals surface area contributed by atoms with E-state index in [1.54, 1.807) is 12.2 Å². The number of sulfone groups is 1. The van der Waals surface area contributed by atoms with Crippen LogP contribution in [0.3, 0.4) is 0 Å². The summed E-state index contributed by atoms with van der Waals surface area (Å²) in [6.45, 7) is 2.28. The van der Waals surface area contributed by atoms with Gasteiger partial charge in [0, 0.05) is 23.3 Å². The maximum absolute atomic E-state index is 12.1. The van der Waals surface area contributed by atoms with Crippen LogP contribution in [0.5, 0.6) is 0 Å². The molecule has 0 spiro atoms. The fraction of sp³-hybridized carbons (Fsp3) is 0.316. The Kier molecular flexibility index (Phi) is 4.89. The molecule has 0 aromatic heterocycles. The molecule has 1 aliphatic heterocycles. The van der Waals surface area contributed by atoms with Crippen LogP contribution in [0.1, 0.15) is 24.0 Å². The van der Waals surface area contributed by atoms with Crippen LogP contribution in [0, 0.1) is 6.92 Å². The van der Waals surface area contributed by atoms with Gasteiger partial charge in [0.2, 0.25) is 0 Å². The van der Waals surface area contributed by atoms with Crippen molar-refractivity contribution in [3.05, 3.63) is 63.7 Å². The fourth-order valence-electron chi connectivity index (χ4n) is 3.03. The highest BCUT2D eigenvalue weighted by molar-refractivity contribution is 7.91. The number of halogens is 1. The normalized spacial score (nSPS) is 22.6. The predicted octanol–water partition coefficient (Wildman–Crippen LogP) is 3.65. The van der Waals surface area contributed by atoms with Gasteiger partial charge in [-0.3, -0.25) is 0 Å². The maximum Gasteiger partial charge on any atom is 0.334 e. The van der Waals surface area contributed by atoms with Crippen LogP contribution in [0.4, 0.5) is 0 Å². The maximum atomic E-state index is 12.1. The van der Waals surface area contributed by atoms with E-state index in [1.165, 1.54) is 6.26 Å². The molecule has 0 saturated carbocycles. The molecule has 132 valence electrons. The van der Waals surface area contributed by atoms with Crippen molar-refractivity contribution in [1.82, 2.24) is 0 Å². The molecular formula is C19H19ClO4S. The molecule has 1 unspecified atom stereocenters. The molecule has 0 bridgehead atoms. The summed E-state index contributed by atoms with van der Waals surface area (Å²) in [5.41, 5.74) is 3.99. The van der Waals surface area contributed by atoms with E-state index in [0.29, 0.717) is 30.0 Å². The van der Waals surface area contributed by atoms with Crippen LogP contribution in [-0.2, 0) is 19.4 Å². The van der Waals surface area contributed by atoms with Crippen LogP contribution >= 0.6 is 11.6 Å². The summed E-state index contributed by atoms with van der Waals surface area (Å²) in [5, 5.41) is 0.0935. The molecule has 0 radical (unpaired) electrons.